The molecule has 1 fully saturated rings. The second-order valence-electron chi connectivity index (χ2n) is 4.08. The monoisotopic (exact) mass is 286 g/mol. The van der Waals surface area contributed by atoms with Crippen molar-refractivity contribution in [3.05, 3.63) is 29.3 Å². The van der Waals surface area contributed by atoms with E-state index in [4.69, 9.17) is 23.2 Å². The zero-order valence-corrected chi connectivity index (χ0v) is 11.0. The van der Waals surface area contributed by atoms with Crippen molar-refractivity contribution in [2.24, 2.45) is 0 Å². The number of carbonyl (C=O) groups excluding carboxylic acids is 2. The molecule has 1 aliphatic heterocycles. The number of carbonyl (C=O) groups is 2. The number of anilines is 1. The van der Waals surface area contributed by atoms with Gasteiger partial charge in [-0.05, 0) is 24.3 Å². The van der Waals surface area contributed by atoms with E-state index in [1.807, 2.05) is 0 Å². The maximum atomic E-state index is 11.8. The summed E-state index contributed by atoms with van der Waals surface area (Å²) in [4.78, 5) is 24.7. The van der Waals surface area contributed by atoms with Gasteiger partial charge in [0.1, 0.15) is 5.88 Å². The lowest BCUT2D eigenvalue weighted by Gasteiger charge is -2.17. The molecule has 96 valence electrons. The molecule has 0 aromatic heterocycles. The van der Waals surface area contributed by atoms with Crippen molar-refractivity contribution in [1.82, 2.24) is 5.32 Å². The van der Waals surface area contributed by atoms with Crippen molar-refractivity contribution in [2.75, 3.05) is 17.3 Å². The third-order valence-electron chi connectivity index (χ3n) is 2.75. The Kier molecular flexibility index (Phi) is 4.09. The summed E-state index contributed by atoms with van der Waals surface area (Å²) < 4.78 is 0. The number of nitrogens with one attached hydrogen (secondary N) is 1. The van der Waals surface area contributed by atoms with Crippen LogP contribution < -0.4 is 10.2 Å². The lowest BCUT2D eigenvalue weighted by Crippen LogP contribution is -2.37. The minimum atomic E-state index is -0.257. The topological polar surface area (TPSA) is 49.4 Å². The first-order chi connectivity index (χ1) is 8.60. The highest BCUT2D eigenvalue weighted by Gasteiger charge is 2.31. The fraction of sp³-hybridized carbons (Fsp3) is 0.333. The van der Waals surface area contributed by atoms with Gasteiger partial charge in [-0.2, -0.15) is 0 Å². The minimum absolute atomic E-state index is 0.0165. The van der Waals surface area contributed by atoms with E-state index in [0.717, 1.165) is 5.69 Å². The van der Waals surface area contributed by atoms with Gasteiger partial charge in [-0.15, -0.1) is 11.6 Å². The first-order valence-electron chi connectivity index (χ1n) is 5.51. The Morgan fingerprint density at radius 3 is 2.67 bits per heavy atom. The quantitative estimate of drug-likeness (QED) is 0.862. The zero-order chi connectivity index (χ0) is 13.1. The summed E-state index contributed by atoms with van der Waals surface area (Å²) in [7, 11) is 0. The van der Waals surface area contributed by atoms with Gasteiger partial charge in [0, 0.05) is 23.7 Å². The van der Waals surface area contributed by atoms with Gasteiger partial charge in [0.2, 0.25) is 11.8 Å². The van der Waals surface area contributed by atoms with Crippen molar-refractivity contribution in [3.8, 4) is 0 Å². The van der Waals surface area contributed by atoms with Crippen LogP contribution >= 0.6 is 23.2 Å². The Morgan fingerprint density at radius 2 is 2.06 bits per heavy atom. The van der Waals surface area contributed by atoms with Crippen molar-refractivity contribution >= 4 is 40.7 Å². The van der Waals surface area contributed by atoms with Crippen LogP contribution in [-0.2, 0) is 9.59 Å². The summed E-state index contributed by atoms with van der Waals surface area (Å²) in [5, 5.41) is 3.33. The number of benzene rings is 1. The Hall–Kier alpha value is -1.26. The molecular formula is C12H12Cl2N2O2. The second-order valence-corrected chi connectivity index (χ2v) is 4.79. The van der Waals surface area contributed by atoms with Gasteiger partial charge in [0.15, 0.2) is 0 Å². The minimum Gasteiger partial charge on any atom is -0.350 e. The third-order valence-corrected chi connectivity index (χ3v) is 3.24. The molecule has 4 nitrogen and oxygen atoms in total. The Bertz CT molecular complexity index is 462. The molecule has 0 spiro atoms. The van der Waals surface area contributed by atoms with E-state index in [-0.39, 0.29) is 23.7 Å². The molecule has 1 aromatic rings. The summed E-state index contributed by atoms with van der Waals surface area (Å²) in [6.45, 7) is 0.461. The van der Waals surface area contributed by atoms with E-state index in [2.05, 4.69) is 5.32 Å². The molecular weight excluding hydrogens is 275 g/mol. The van der Waals surface area contributed by atoms with Gasteiger partial charge in [-0.3, -0.25) is 9.59 Å². The van der Waals surface area contributed by atoms with Crippen LogP contribution in [0.1, 0.15) is 6.42 Å². The van der Waals surface area contributed by atoms with Crippen LogP contribution in [-0.4, -0.2) is 30.3 Å². The van der Waals surface area contributed by atoms with Crippen molar-refractivity contribution in [2.45, 2.75) is 12.5 Å². The van der Waals surface area contributed by atoms with Gasteiger partial charge in [-0.25, -0.2) is 0 Å². The molecule has 0 unspecified atom stereocenters. The van der Waals surface area contributed by atoms with E-state index in [0.29, 0.717) is 18.0 Å². The van der Waals surface area contributed by atoms with Crippen molar-refractivity contribution < 1.29 is 9.59 Å². The number of alkyl halides is 1. The molecule has 1 aromatic carbocycles. The second kappa shape index (κ2) is 5.59. The standard InChI is InChI=1S/C12H12Cl2N2O2/c13-6-11(17)15-9-5-12(18)16(7-9)10-3-1-8(14)2-4-10/h1-4,9H,5-7H2,(H,15,17)/t9-/m1/s1. The number of rotatable bonds is 3. The molecule has 0 radical (unpaired) electrons. The molecule has 0 aliphatic carbocycles. The Morgan fingerprint density at radius 1 is 1.39 bits per heavy atom. The van der Waals surface area contributed by atoms with Gasteiger partial charge in [0.25, 0.3) is 0 Å². The van der Waals surface area contributed by atoms with Crippen LogP contribution in [0, 0.1) is 0 Å². The molecule has 2 amide bonds. The smallest absolute Gasteiger partial charge is 0.235 e. The lowest BCUT2D eigenvalue weighted by atomic mass is 10.2. The summed E-state index contributed by atoms with van der Waals surface area (Å²) >= 11 is 11.2. The molecule has 1 N–H and O–H groups in total. The summed E-state index contributed by atoms with van der Waals surface area (Å²) in [5.74, 6) is -0.365. The predicted octanol–water partition coefficient (Wildman–Crippen LogP) is 1.80. The summed E-state index contributed by atoms with van der Waals surface area (Å²) in [6, 6.07) is 6.85. The predicted molar refractivity (Wildman–Crippen MR) is 71.1 cm³/mol. The maximum absolute atomic E-state index is 11.8. The van der Waals surface area contributed by atoms with E-state index in [9.17, 15) is 9.59 Å². The molecule has 2 rings (SSSR count). The molecule has 6 heteroatoms. The van der Waals surface area contributed by atoms with Gasteiger partial charge in [0.05, 0.1) is 6.04 Å². The highest BCUT2D eigenvalue weighted by atomic mass is 35.5. The highest BCUT2D eigenvalue weighted by molar-refractivity contribution is 6.30. The maximum Gasteiger partial charge on any atom is 0.235 e. The van der Waals surface area contributed by atoms with E-state index in [1.54, 1.807) is 29.2 Å². The fourth-order valence-electron chi connectivity index (χ4n) is 1.94. The van der Waals surface area contributed by atoms with Gasteiger partial charge in [-0.1, -0.05) is 11.6 Å². The van der Waals surface area contributed by atoms with Gasteiger partial charge >= 0.3 is 0 Å². The Labute approximate surface area is 115 Å². The number of hydrogen-bond acceptors (Lipinski definition) is 2. The normalized spacial score (nSPS) is 19.1. The number of hydrogen-bond donors (Lipinski definition) is 1. The molecule has 1 atom stereocenters. The van der Waals surface area contributed by atoms with Crippen LogP contribution in [0.3, 0.4) is 0 Å². The first-order valence-corrected chi connectivity index (χ1v) is 6.42. The zero-order valence-electron chi connectivity index (χ0n) is 9.53. The van der Waals surface area contributed by atoms with E-state index < -0.39 is 0 Å². The van der Waals surface area contributed by atoms with Crippen molar-refractivity contribution in [3.63, 3.8) is 0 Å². The van der Waals surface area contributed by atoms with Crippen LogP contribution in [0.15, 0.2) is 24.3 Å². The van der Waals surface area contributed by atoms with Crippen LogP contribution in [0.4, 0.5) is 5.69 Å². The summed E-state index contributed by atoms with van der Waals surface area (Å²) in [6.07, 6.45) is 0.297. The molecule has 1 saturated heterocycles. The van der Waals surface area contributed by atoms with Crippen LogP contribution in [0.5, 0.6) is 0 Å². The highest BCUT2D eigenvalue weighted by Crippen LogP contribution is 2.23. The van der Waals surface area contributed by atoms with E-state index >= 15 is 0 Å². The summed E-state index contributed by atoms with van der Waals surface area (Å²) in [5.41, 5.74) is 0.784. The van der Waals surface area contributed by atoms with Crippen LogP contribution in [0.25, 0.3) is 0 Å². The third kappa shape index (κ3) is 2.94. The fourth-order valence-corrected chi connectivity index (χ4v) is 2.14. The molecule has 1 heterocycles. The SMILES string of the molecule is O=C(CCl)N[C@@H]1CC(=O)N(c2ccc(Cl)cc2)C1. The van der Waals surface area contributed by atoms with Crippen molar-refractivity contribution in [1.29, 1.82) is 0 Å². The number of nitrogens with zero attached hydrogens (tertiary/aromatic N) is 1. The largest absolute Gasteiger partial charge is 0.350 e. The number of halogens is 2. The van der Waals surface area contributed by atoms with Crippen LogP contribution in [0.2, 0.25) is 5.02 Å². The molecule has 0 bridgehead atoms. The average molecular weight is 287 g/mol. The first kappa shape index (κ1) is 13.2. The average Bonchev–Trinajstić information content (AvgIpc) is 2.71. The molecule has 0 saturated carbocycles. The Balaban J connectivity index is 2.05. The lowest BCUT2D eigenvalue weighted by molar-refractivity contribution is -0.119. The van der Waals surface area contributed by atoms with Gasteiger partial charge < -0.3 is 10.2 Å². The van der Waals surface area contributed by atoms with E-state index in [1.165, 1.54) is 0 Å². The molecule has 18 heavy (non-hydrogen) atoms. The number of amides is 2. The molecule has 1 aliphatic rings.